The summed E-state index contributed by atoms with van der Waals surface area (Å²) in [6.07, 6.45) is 0. The van der Waals surface area contributed by atoms with Gasteiger partial charge in [0, 0.05) is 15.7 Å². The highest BCUT2D eigenvalue weighted by atomic mass is 79.9. The molecule has 0 fully saturated rings. The van der Waals surface area contributed by atoms with Gasteiger partial charge in [-0.25, -0.2) is 8.42 Å². The van der Waals surface area contributed by atoms with Crippen molar-refractivity contribution in [2.45, 2.75) is 10.6 Å². The lowest BCUT2D eigenvalue weighted by Crippen LogP contribution is -2.11. The van der Waals surface area contributed by atoms with Crippen LogP contribution in [-0.4, -0.2) is 14.3 Å². The van der Waals surface area contributed by atoms with Crippen LogP contribution in [0.25, 0.3) is 0 Å². The van der Waals surface area contributed by atoms with Crippen LogP contribution in [0.1, 0.15) is 15.9 Å². The van der Waals surface area contributed by atoms with Crippen LogP contribution in [0.5, 0.6) is 0 Å². The van der Waals surface area contributed by atoms with E-state index in [1.807, 2.05) is 0 Å². The van der Waals surface area contributed by atoms with Crippen molar-refractivity contribution >= 4 is 37.4 Å². The van der Waals surface area contributed by atoms with Crippen LogP contribution in [0.4, 0.5) is 5.69 Å². The highest BCUT2D eigenvalue weighted by Gasteiger charge is 2.18. The molecule has 2 aromatic carbocycles. The molecule has 0 aromatic heterocycles. The second-order valence-corrected chi connectivity index (χ2v) is 7.32. The fourth-order valence-corrected chi connectivity index (χ4v) is 4.39. The first-order chi connectivity index (χ1) is 9.79. The van der Waals surface area contributed by atoms with Gasteiger partial charge in [0.05, 0.1) is 10.6 Å². The number of amides is 1. The number of carbonyl (C=O) groups excluding carboxylic acids is 1. The Morgan fingerprint density at radius 3 is 2.24 bits per heavy atom. The predicted octanol–water partition coefficient (Wildman–Crippen LogP) is 2.10. The number of sulfone groups is 1. The highest BCUT2D eigenvalue weighted by molar-refractivity contribution is 9.10. The zero-order valence-corrected chi connectivity index (χ0v) is 13.3. The molecular formula is C14H13BrN2O3S. The Hall–Kier alpha value is -1.86. The van der Waals surface area contributed by atoms with Crippen molar-refractivity contribution in [1.82, 2.24) is 0 Å². The molecule has 2 rings (SSSR count). The summed E-state index contributed by atoms with van der Waals surface area (Å²) in [5.74, 6) is -0.722. The van der Waals surface area contributed by atoms with E-state index in [0.29, 0.717) is 21.3 Å². The molecule has 4 N–H and O–H groups in total. The molecule has 0 saturated heterocycles. The number of nitrogen functional groups attached to an aromatic ring is 1. The Balaban J connectivity index is 2.30. The molecule has 21 heavy (non-hydrogen) atoms. The average molecular weight is 369 g/mol. The maximum absolute atomic E-state index is 12.4. The van der Waals surface area contributed by atoms with E-state index in [1.54, 1.807) is 18.2 Å². The fraction of sp³-hybridized carbons (Fsp3) is 0.0714. The van der Waals surface area contributed by atoms with E-state index in [1.165, 1.54) is 24.3 Å². The number of carbonyl (C=O) groups is 1. The minimum atomic E-state index is -3.51. The van der Waals surface area contributed by atoms with E-state index in [-0.39, 0.29) is 10.6 Å². The number of benzene rings is 2. The Bertz CT molecular complexity index is 786. The first-order valence-corrected chi connectivity index (χ1v) is 8.40. The van der Waals surface area contributed by atoms with Crippen LogP contribution in [0, 0.1) is 0 Å². The van der Waals surface area contributed by atoms with Gasteiger partial charge in [-0.1, -0.05) is 12.1 Å². The molecule has 0 spiro atoms. The third-order valence-corrected chi connectivity index (χ3v) is 5.54. The van der Waals surface area contributed by atoms with E-state index in [2.05, 4.69) is 15.9 Å². The molecule has 0 unspecified atom stereocenters. The first-order valence-electron chi connectivity index (χ1n) is 5.96. The maximum atomic E-state index is 12.4. The summed E-state index contributed by atoms with van der Waals surface area (Å²) < 4.78 is 25.2. The number of anilines is 1. The van der Waals surface area contributed by atoms with Crippen LogP contribution >= 0.6 is 15.9 Å². The predicted molar refractivity (Wildman–Crippen MR) is 84.4 cm³/mol. The van der Waals surface area contributed by atoms with E-state index >= 15 is 0 Å². The summed E-state index contributed by atoms with van der Waals surface area (Å²) in [6, 6.07) is 10.7. The first kappa shape index (κ1) is 15.5. The van der Waals surface area contributed by atoms with Crippen molar-refractivity contribution in [2.24, 2.45) is 5.73 Å². The third-order valence-electron chi connectivity index (χ3n) is 2.89. The summed E-state index contributed by atoms with van der Waals surface area (Å²) in [4.78, 5) is 11.2. The third kappa shape index (κ3) is 3.62. The van der Waals surface area contributed by atoms with Crippen LogP contribution in [0.15, 0.2) is 51.8 Å². The summed E-state index contributed by atoms with van der Waals surface area (Å²) in [5.41, 5.74) is 12.1. The van der Waals surface area contributed by atoms with Gasteiger partial charge in [-0.15, -0.1) is 0 Å². The fourth-order valence-electron chi connectivity index (χ4n) is 1.83. The molecule has 0 aliphatic heterocycles. The summed E-state index contributed by atoms with van der Waals surface area (Å²) in [5, 5.41) is 0. The molecule has 0 aliphatic carbocycles. The molecule has 5 nitrogen and oxygen atoms in total. The Kier molecular flexibility index (Phi) is 4.34. The van der Waals surface area contributed by atoms with Gasteiger partial charge in [-0.05, 0) is 51.8 Å². The largest absolute Gasteiger partial charge is 0.399 e. The summed E-state index contributed by atoms with van der Waals surface area (Å²) in [6.45, 7) is 0. The molecule has 7 heteroatoms. The normalized spacial score (nSPS) is 11.3. The molecule has 0 saturated carbocycles. The number of rotatable bonds is 4. The Morgan fingerprint density at radius 2 is 1.71 bits per heavy atom. The van der Waals surface area contributed by atoms with Crippen molar-refractivity contribution in [1.29, 1.82) is 0 Å². The molecule has 110 valence electrons. The van der Waals surface area contributed by atoms with E-state index in [4.69, 9.17) is 11.5 Å². The summed E-state index contributed by atoms with van der Waals surface area (Å²) in [7, 11) is -3.51. The van der Waals surface area contributed by atoms with Gasteiger partial charge in [-0.2, -0.15) is 0 Å². The second-order valence-electron chi connectivity index (χ2n) is 4.51. The molecule has 0 aliphatic rings. The lowest BCUT2D eigenvalue weighted by atomic mass is 10.1. The van der Waals surface area contributed by atoms with Crippen LogP contribution in [-0.2, 0) is 15.6 Å². The van der Waals surface area contributed by atoms with Gasteiger partial charge in [0.25, 0.3) is 0 Å². The van der Waals surface area contributed by atoms with Gasteiger partial charge in [0.2, 0.25) is 5.91 Å². The monoisotopic (exact) mass is 368 g/mol. The lowest BCUT2D eigenvalue weighted by Gasteiger charge is -2.08. The number of nitrogens with two attached hydrogens (primary N) is 2. The average Bonchev–Trinajstić information content (AvgIpc) is 2.38. The van der Waals surface area contributed by atoms with Crippen LogP contribution < -0.4 is 11.5 Å². The SMILES string of the molecule is NC(=O)c1ccc(CS(=O)(=O)c2ccc(N)cc2Br)cc1. The van der Waals surface area contributed by atoms with E-state index < -0.39 is 15.7 Å². The van der Waals surface area contributed by atoms with Gasteiger partial charge < -0.3 is 11.5 Å². The molecule has 0 heterocycles. The van der Waals surface area contributed by atoms with Gasteiger partial charge in [0.15, 0.2) is 9.84 Å². The number of halogens is 1. The summed E-state index contributed by atoms with van der Waals surface area (Å²) >= 11 is 3.21. The van der Waals surface area contributed by atoms with Crippen molar-refractivity contribution < 1.29 is 13.2 Å². The molecule has 2 aromatic rings. The van der Waals surface area contributed by atoms with Crippen molar-refractivity contribution in [3.8, 4) is 0 Å². The molecule has 0 bridgehead atoms. The lowest BCUT2D eigenvalue weighted by molar-refractivity contribution is 0.100. The standard InChI is InChI=1S/C14H13BrN2O3S/c15-12-7-11(16)5-6-13(12)21(19,20)8-9-1-3-10(4-2-9)14(17)18/h1-7H,8,16H2,(H2,17,18). The molecule has 0 atom stereocenters. The quantitative estimate of drug-likeness (QED) is 0.806. The highest BCUT2D eigenvalue weighted by Crippen LogP contribution is 2.27. The topological polar surface area (TPSA) is 103 Å². The van der Waals surface area contributed by atoms with Gasteiger partial charge in [0.1, 0.15) is 0 Å². The number of primary amides is 1. The number of hydrogen-bond donors (Lipinski definition) is 2. The van der Waals surface area contributed by atoms with Crippen LogP contribution in [0.2, 0.25) is 0 Å². The molecule has 1 amide bonds. The Labute approximate surface area is 131 Å². The van der Waals surface area contributed by atoms with Crippen LogP contribution in [0.3, 0.4) is 0 Å². The smallest absolute Gasteiger partial charge is 0.248 e. The maximum Gasteiger partial charge on any atom is 0.248 e. The second kappa shape index (κ2) is 5.87. The molecule has 0 radical (unpaired) electrons. The van der Waals surface area contributed by atoms with Crippen molar-refractivity contribution in [3.63, 3.8) is 0 Å². The van der Waals surface area contributed by atoms with Crippen molar-refractivity contribution in [2.75, 3.05) is 5.73 Å². The van der Waals surface area contributed by atoms with Crippen molar-refractivity contribution in [3.05, 3.63) is 58.1 Å². The molecular weight excluding hydrogens is 356 g/mol. The zero-order valence-electron chi connectivity index (χ0n) is 10.9. The van der Waals surface area contributed by atoms with Gasteiger partial charge >= 0.3 is 0 Å². The number of hydrogen-bond acceptors (Lipinski definition) is 4. The minimum Gasteiger partial charge on any atom is -0.399 e. The van der Waals surface area contributed by atoms with E-state index in [9.17, 15) is 13.2 Å². The Morgan fingerprint density at radius 1 is 1.10 bits per heavy atom. The van der Waals surface area contributed by atoms with Gasteiger partial charge in [-0.3, -0.25) is 4.79 Å². The van der Waals surface area contributed by atoms with E-state index in [0.717, 1.165) is 0 Å². The minimum absolute atomic E-state index is 0.172. The zero-order chi connectivity index (χ0) is 15.6.